The number of halogens is 1. The number of likely N-dealkylation sites (tertiary alicyclic amines) is 1. The van der Waals surface area contributed by atoms with Crippen LogP contribution in [0, 0.1) is 5.82 Å². The molecule has 1 aromatic carbocycles. The first-order valence-electron chi connectivity index (χ1n) is 9.83. The van der Waals surface area contributed by atoms with Crippen molar-refractivity contribution in [1.29, 1.82) is 0 Å². The lowest BCUT2D eigenvalue weighted by atomic mass is 9.79. The molecular formula is C22H27FN2O3. The van der Waals surface area contributed by atoms with Gasteiger partial charge in [0, 0.05) is 56.6 Å². The SMILES string of the molecule is COc1cc(F)ccc1CN1CC[C@]2(OC)CC[C@H](Oc3ccccn3)C[C@H]12. The average Bonchev–Trinajstić information content (AvgIpc) is 3.08. The van der Waals surface area contributed by atoms with Crippen LogP contribution in [0.15, 0.2) is 42.6 Å². The summed E-state index contributed by atoms with van der Waals surface area (Å²) in [5.41, 5.74) is 0.848. The summed E-state index contributed by atoms with van der Waals surface area (Å²) >= 11 is 0. The van der Waals surface area contributed by atoms with Crippen LogP contribution in [0.3, 0.4) is 0 Å². The van der Waals surface area contributed by atoms with E-state index in [1.807, 2.05) is 31.4 Å². The molecule has 6 heteroatoms. The number of benzene rings is 1. The minimum Gasteiger partial charge on any atom is -0.496 e. The van der Waals surface area contributed by atoms with Crippen LogP contribution in [-0.2, 0) is 11.3 Å². The zero-order chi connectivity index (χ0) is 19.6. The third kappa shape index (κ3) is 3.71. The first-order valence-corrected chi connectivity index (χ1v) is 9.83. The van der Waals surface area contributed by atoms with Crippen molar-refractivity contribution in [3.63, 3.8) is 0 Å². The number of ether oxygens (including phenoxy) is 3. The van der Waals surface area contributed by atoms with Crippen LogP contribution < -0.4 is 9.47 Å². The Morgan fingerprint density at radius 3 is 2.86 bits per heavy atom. The van der Waals surface area contributed by atoms with E-state index < -0.39 is 0 Å². The highest BCUT2D eigenvalue weighted by molar-refractivity contribution is 5.34. The highest BCUT2D eigenvalue weighted by Gasteiger charge is 2.51. The van der Waals surface area contributed by atoms with Gasteiger partial charge in [0.25, 0.3) is 0 Å². The topological polar surface area (TPSA) is 43.8 Å². The van der Waals surface area contributed by atoms with Crippen molar-refractivity contribution in [1.82, 2.24) is 9.88 Å². The van der Waals surface area contributed by atoms with Crippen molar-refractivity contribution in [2.24, 2.45) is 0 Å². The molecule has 0 radical (unpaired) electrons. The number of nitrogens with zero attached hydrogens (tertiary/aromatic N) is 2. The number of rotatable bonds is 6. The second-order valence-corrected chi connectivity index (χ2v) is 7.64. The van der Waals surface area contributed by atoms with Crippen LogP contribution in [0.4, 0.5) is 4.39 Å². The fraction of sp³-hybridized carbons (Fsp3) is 0.500. The fourth-order valence-corrected chi connectivity index (χ4v) is 4.71. The number of hydrogen-bond acceptors (Lipinski definition) is 5. The van der Waals surface area contributed by atoms with Gasteiger partial charge >= 0.3 is 0 Å². The molecule has 3 atom stereocenters. The Morgan fingerprint density at radius 2 is 2.11 bits per heavy atom. The van der Waals surface area contributed by atoms with Gasteiger partial charge in [0.05, 0.1) is 12.7 Å². The molecule has 2 aliphatic rings. The molecule has 28 heavy (non-hydrogen) atoms. The van der Waals surface area contributed by atoms with Crippen molar-refractivity contribution in [2.45, 2.75) is 50.0 Å². The van der Waals surface area contributed by atoms with Gasteiger partial charge in [-0.15, -0.1) is 0 Å². The van der Waals surface area contributed by atoms with Gasteiger partial charge in [-0.2, -0.15) is 0 Å². The lowest BCUT2D eigenvalue weighted by Gasteiger charge is -2.43. The number of pyridine rings is 1. The van der Waals surface area contributed by atoms with E-state index in [4.69, 9.17) is 14.2 Å². The van der Waals surface area contributed by atoms with E-state index in [-0.39, 0.29) is 23.6 Å². The summed E-state index contributed by atoms with van der Waals surface area (Å²) in [4.78, 5) is 6.72. The maximum atomic E-state index is 13.6. The van der Waals surface area contributed by atoms with Crippen molar-refractivity contribution < 1.29 is 18.6 Å². The van der Waals surface area contributed by atoms with Gasteiger partial charge in [0.1, 0.15) is 17.7 Å². The van der Waals surface area contributed by atoms with E-state index in [1.165, 1.54) is 12.1 Å². The summed E-state index contributed by atoms with van der Waals surface area (Å²) in [5, 5.41) is 0. The maximum Gasteiger partial charge on any atom is 0.213 e. The van der Waals surface area contributed by atoms with Gasteiger partial charge in [-0.3, -0.25) is 4.90 Å². The normalized spacial score (nSPS) is 27.4. The standard InChI is InChI=1S/C22H27FN2O3/c1-26-19-13-17(23)7-6-16(19)15-25-12-10-22(27-2)9-8-18(14-20(22)25)28-21-5-3-4-11-24-21/h3-7,11,13,18,20H,8-10,12,14-15H2,1-2H3/t18-,20-,22+/m0/s1. The number of fused-ring (bicyclic) bond motifs is 1. The molecule has 150 valence electrons. The summed E-state index contributed by atoms with van der Waals surface area (Å²) in [6.45, 7) is 1.64. The Bertz CT molecular complexity index is 804. The predicted octanol–water partition coefficient (Wildman–Crippen LogP) is 3.82. The quantitative estimate of drug-likeness (QED) is 0.755. The van der Waals surface area contributed by atoms with Crippen molar-refractivity contribution in [3.05, 3.63) is 54.0 Å². The molecule has 5 nitrogen and oxygen atoms in total. The van der Waals surface area contributed by atoms with Crippen LogP contribution in [0.1, 0.15) is 31.2 Å². The monoisotopic (exact) mass is 386 g/mol. The molecule has 0 N–H and O–H groups in total. The minimum absolute atomic E-state index is 0.110. The largest absolute Gasteiger partial charge is 0.496 e. The first-order chi connectivity index (χ1) is 13.6. The smallest absolute Gasteiger partial charge is 0.213 e. The predicted molar refractivity (Wildman–Crippen MR) is 104 cm³/mol. The second-order valence-electron chi connectivity index (χ2n) is 7.64. The van der Waals surface area contributed by atoms with Crippen LogP contribution in [0.25, 0.3) is 0 Å². The molecule has 4 rings (SSSR count). The third-order valence-electron chi connectivity index (χ3n) is 6.20. The van der Waals surface area contributed by atoms with Gasteiger partial charge in [-0.25, -0.2) is 9.37 Å². The van der Waals surface area contributed by atoms with E-state index in [2.05, 4.69) is 9.88 Å². The van der Waals surface area contributed by atoms with Crippen molar-refractivity contribution in [3.8, 4) is 11.6 Å². The minimum atomic E-state index is -0.283. The zero-order valence-corrected chi connectivity index (χ0v) is 16.4. The lowest BCUT2D eigenvalue weighted by molar-refractivity contribution is -0.0843. The molecule has 2 heterocycles. The molecule has 0 unspecified atom stereocenters. The molecule has 2 fully saturated rings. The molecule has 1 aliphatic carbocycles. The summed E-state index contributed by atoms with van der Waals surface area (Å²) in [6.07, 6.45) is 5.65. The van der Waals surface area contributed by atoms with Crippen LogP contribution >= 0.6 is 0 Å². The molecule has 1 saturated heterocycles. The molecule has 0 spiro atoms. The number of methoxy groups -OCH3 is 2. The summed E-state index contributed by atoms with van der Waals surface area (Å²) in [6, 6.07) is 10.7. The van der Waals surface area contributed by atoms with Gasteiger partial charge < -0.3 is 14.2 Å². The number of hydrogen-bond donors (Lipinski definition) is 0. The molecule has 1 saturated carbocycles. The van der Waals surface area contributed by atoms with Crippen LogP contribution in [0.5, 0.6) is 11.6 Å². The fourth-order valence-electron chi connectivity index (χ4n) is 4.71. The van der Waals surface area contributed by atoms with E-state index in [1.54, 1.807) is 13.3 Å². The molecule has 1 aliphatic heterocycles. The Hall–Kier alpha value is -2.18. The van der Waals surface area contributed by atoms with Gasteiger partial charge in [0.2, 0.25) is 5.88 Å². The van der Waals surface area contributed by atoms with E-state index in [9.17, 15) is 4.39 Å². The Kier molecular flexibility index (Phi) is 5.51. The zero-order valence-electron chi connectivity index (χ0n) is 16.4. The first kappa shape index (κ1) is 19.2. The molecular weight excluding hydrogens is 359 g/mol. The van der Waals surface area contributed by atoms with Gasteiger partial charge in [-0.05, 0) is 31.4 Å². The van der Waals surface area contributed by atoms with Gasteiger partial charge in [-0.1, -0.05) is 12.1 Å². The number of aromatic nitrogens is 1. The van der Waals surface area contributed by atoms with E-state index >= 15 is 0 Å². The summed E-state index contributed by atoms with van der Waals surface area (Å²) < 4.78 is 31.1. The van der Waals surface area contributed by atoms with Gasteiger partial charge in [0.15, 0.2) is 0 Å². The van der Waals surface area contributed by atoms with Crippen molar-refractivity contribution in [2.75, 3.05) is 20.8 Å². The van der Waals surface area contributed by atoms with E-state index in [0.717, 1.165) is 37.8 Å². The second kappa shape index (κ2) is 8.05. The summed E-state index contributed by atoms with van der Waals surface area (Å²) in [5.74, 6) is 0.976. The highest BCUT2D eigenvalue weighted by atomic mass is 19.1. The Labute approximate surface area is 165 Å². The Morgan fingerprint density at radius 1 is 1.21 bits per heavy atom. The Balaban J connectivity index is 1.51. The van der Waals surface area contributed by atoms with Crippen LogP contribution in [0.2, 0.25) is 0 Å². The third-order valence-corrected chi connectivity index (χ3v) is 6.20. The molecule has 2 aromatic rings. The molecule has 0 amide bonds. The average molecular weight is 386 g/mol. The lowest BCUT2D eigenvalue weighted by Crippen LogP contribution is -2.52. The van der Waals surface area contributed by atoms with Crippen LogP contribution in [-0.4, -0.2) is 48.4 Å². The van der Waals surface area contributed by atoms with Crippen molar-refractivity contribution >= 4 is 0 Å². The maximum absolute atomic E-state index is 13.6. The summed E-state index contributed by atoms with van der Waals surface area (Å²) in [7, 11) is 3.40. The van der Waals surface area contributed by atoms with E-state index in [0.29, 0.717) is 18.2 Å². The highest BCUT2D eigenvalue weighted by Crippen LogP contribution is 2.44. The molecule has 1 aromatic heterocycles. The molecule has 0 bridgehead atoms.